The van der Waals surface area contributed by atoms with Gasteiger partial charge in [0.2, 0.25) is 5.95 Å². The van der Waals surface area contributed by atoms with E-state index < -0.39 is 10.8 Å². The molecule has 0 fully saturated rings. The van der Waals surface area contributed by atoms with Gasteiger partial charge in [0, 0.05) is 40.7 Å². The number of hydrogen-bond donors (Lipinski definition) is 2. The van der Waals surface area contributed by atoms with E-state index in [0.29, 0.717) is 5.75 Å². The SMILES string of the molecule is Cc1cnc(NC(C)CS(C)=O)[nH]1. The van der Waals surface area contributed by atoms with E-state index in [9.17, 15) is 4.21 Å². The number of imidazole rings is 1. The molecular formula is C8H15N3OS. The highest BCUT2D eigenvalue weighted by molar-refractivity contribution is 7.84. The molecule has 2 atom stereocenters. The summed E-state index contributed by atoms with van der Waals surface area (Å²) < 4.78 is 10.9. The Morgan fingerprint density at radius 2 is 2.46 bits per heavy atom. The summed E-state index contributed by atoms with van der Waals surface area (Å²) in [7, 11) is -0.767. The van der Waals surface area contributed by atoms with Gasteiger partial charge in [0.15, 0.2) is 0 Å². The molecule has 0 amide bonds. The van der Waals surface area contributed by atoms with Gasteiger partial charge in [0.25, 0.3) is 0 Å². The van der Waals surface area contributed by atoms with Gasteiger partial charge >= 0.3 is 0 Å². The molecule has 1 aromatic rings. The summed E-state index contributed by atoms with van der Waals surface area (Å²) in [4.78, 5) is 7.16. The molecule has 0 aliphatic carbocycles. The third kappa shape index (κ3) is 3.59. The van der Waals surface area contributed by atoms with Gasteiger partial charge in [-0.1, -0.05) is 0 Å². The van der Waals surface area contributed by atoms with E-state index >= 15 is 0 Å². The van der Waals surface area contributed by atoms with Crippen molar-refractivity contribution in [3.8, 4) is 0 Å². The van der Waals surface area contributed by atoms with Crippen molar-refractivity contribution in [3.05, 3.63) is 11.9 Å². The summed E-state index contributed by atoms with van der Waals surface area (Å²) >= 11 is 0. The minimum atomic E-state index is -0.767. The predicted molar refractivity (Wildman–Crippen MR) is 55.3 cm³/mol. The summed E-state index contributed by atoms with van der Waals surface area (Å²) in [6.07, 6.45) is 3.46. The second-order valence-corrected chi connectivity index (χ2v) is 4.68. The van der Waals surface area contributed by atoms with E-state index in [2.05, 4.69) is 15.3 Å². The van der Waals surface area contributed by atoms with Crippen molar-refractivity contribution < 1.29 is 4.21 Å². The largest absolute Gasteiger partial charge is 0.352 e. The Morgan fingerprint density at radius 1 is 1.77 bits per heavy atom. The van der Waals surface area contributed by atoms with Gasteiger partial charge in [-0.3, -0.25) is 4.21 Å². The molecule has 0 aliphatic heterocycles. The molecule has 5 heteroatoms. The fourth-order valence-electron chi connectivity index (χ4n) is 1.11. The topological polar surface area (TPSA) is 57.8 Å². The zero-order chi connectivity index (χ0) is 9.84. The fourth-order valence-corrected chi connectivity index (χ4v) is 1.90. The van der Waals surface area contributed by atoms with Gasteiger partial charge in [0.1, 0.15) is 0 Å². The quantitative estimate of drug-likeness (QED) is 0.761. The summed E-state index contributed by atoms with van der Waals surface area (Å²) in [6.45, 7) is 3.93. The molecule has 0 saturated heterocycles. The average Bonchev–Trinajstić information content (AvgIpc) is 2.33. The van der Waals surface area contributed by atoms with Gasteiger partial charge in [-0.05, 0) is 13.8 Å². The third-order valence-corrected chi connectivity index (χ3v) is 2.54. The lowest BCUT2D eigenvalue weighted by Crippen LogP contribution is -2.22. The number of nitrogens with one attached hydrogen (secondary N) is 2. The molecule has 1 rings (SSSR count). The summed E-state index contributed by atoms with van der Waals surface area (Å²) in [5.74, 6) is 1.38. The normalized spacial score (nSPS) is 15.3. The molecule has 0 radical (unpaired) electrons. The minimum absolute atomic E-state index is 0.177. The zero-order valence-electron chi connectivity index (χ0n) is 8.13. The van der Waals surface area contributed by atoms with E-state index in [1.807, 2.05) is 13.8 Å². The number of anilines is 1. The maximum Gasteiger partial charge on any atom is 0.200 e. The molecule has 0 aliphatic rings. The number of aromatic amines is 1. The molecule has 1 aromatic heterocycles. The first-order chi connectivity index (χ1) is 6.08. The number of H-pyrrole nitrogens is 1. The Balaban J connectivity index is 2.44. The molecule has 0 saturated carbocycles. The van der Waals surface area contributed by atoms with Crippen LogP contribution in [0.25, 0.3) is 0 Å². The van der Waals surface area contributed by atoms with Crippen LogP contribution < -0.4 is 5.32 Å². The molecular weight excluding hydrogens is 186 g/mol. The van der Waals surface area contributed by atoms with E-state index in [1.54, 1.807) is 12.5 Å². The first-order valence-electron chi connectivity index (χ1n) is 4.16. The van der Waals surface area contributed by atoms with Crippen LogP contribution in [0, 0.1) is 6.92 Å². The lowest BCUT2D eigenvalue weighted by Gasteiger charge is -2.10. The molecule has 74 valence electrons. The monoisotopic (exact) mass is 201 g/mol. The van der Waals surface area contributed by atoms with Gasteiger partial charge in [-0.25, -0.2) is 4.98 Å². The highest BCUT2D eigenvalue weighted by Gasteiger charge is 2.05. The van der Waals surface area contributed by atoms with E-state index in [4.69, 9.17) is 0 Å². The van der Waals surface area contributed by atoms with Crippen LogP contribution in [0.4, 0.5) is 5.95 Å². The first-order valence-corrected chi connectivity index (χ1v) is 5.89. The summed E-state index contributed by atoms with van der Waals surface area (Å²) in [6, 6.07) is 0.177. The van der Waals surface area contributed by atoms with E-state index in [-0.39, 0.29) is 6.04 Å². The Kier molecular flexibility index (Phi) is 3.48. The Hall–Kier alpha value is -0.840. The standard InChI is InChI=1S/C8H15N3OS/c1-6-4-9-8(10-6)11-7(2)5-13(3)12/h4,7H,5H2,1-3H3,(H2,9,10,11). The Labute approximate surface area is 80.6 Å². The van der Waals surface area contributed by atoms with Crippen molar-refractivity contribution in [3.63, 3.8) is 0 Å². The minimum Gasteiger partial charge on any atom is -0.352 e. The van der Waals surface area contributed by atoms with Crippen LogP contribution in [0.1, 0.15) is 12.6 Å². The molecule has 0 spiro atoms. The summed E-state index contributed by atoms with van der Waals surface area (Å²) in [5.41, 5.74) is 1.02. The third-order valence-electron chi connectivity index (χ3n) is 1.57. The van der Waals surface area contributed by atoms with Crippen LogP contribution in [-0.2, 0) is 10.8 Å². The lowest BCUT2D eigenvalue weighted by molar-refractivity contribution is 0.682. The van der Waals surface area contributed by atoms with Crippen LogP contribution in [-0.4, -0.2) is 32.2 Å². The van der Waals surface area contributed by atoms with Crippen molar-refractivity contribution in [1.29, 1.82) is 0 Å². The van der Waals surface area contributed by atoms with Crippen LogP contribution in [0.5, 0.6) is 0 Å². The average molecular weight is 201 g/mol. The number of rotatable bonds is 4. The number of nitrogens with zero attached hydrogens (tertiary/aromatic N) is 1. The van der Waals surface area contributed by atoms with Crippen molar-refractivity contribution in [2.75, 3.05) is 17.3 Å². The van der Waals surface area contributed by atoms with Crippen LogP contribution in [0.3, 0.4) is 0 Å². The van der Waals surface area contributed by atoms with Crippen molar-refractivity contribution in [1.82, 2.24) is 9.97 Å². The lowest BCUT2D eigenvalue weighted by atomic mass is 10.4. The maximum atomic E-state index is 10.9. The number of aromatic nitrogens is 2. The van der Waals surface area contributed by atoms with Crippen molar-refractivity contribution >= 4 is 16.7 Å². The van der Waals surface area contributed by atoms with E-state index in [1.165, 1.54) is 0 Å². The number of aryl methyl sites for hydroxylation is 1. The smallest absolute Gasteiger partial charge is 0.200 e. The molecule has 2 N–H and O–H groups in total. The molecule has 13 heavy (non-hydrogen) atoms. The van der Waals surface area contributed by atoms with Crippen LogP contribution >= 0.6 is 0 Å². The van der Waals surface area contributed by atoms with Gasteiger partial charge in [-0.2, -0.15) is 0 Å². The molecule has 0 bridgehead atoms. The highest BCUT2D eigenvalue weighted by atomic mass is 32.2. The zero-order valence-corrected chi connectivity index (χ0v) is 8.94. The second-order valence-electron chi connectivity index (χ2n) is 3.20. The van der Waals surface area contributed by atoms with Crippen LogP contribution in [0.2, 0.25) is 0 Å². The number of hydrogen-bond acceptors (Lipinski definition) is 3. The van der Waals surface area contributed by atoms with Gasteiger partial charge in [-0.15, -0.1) is 0 Å². The molecule has 1 heterocycles. The predicted octanol–water partition coefficient (Wildman–Crippen LogP) is 0.897. The molecule has 2 unspecified atom stereocenters. The Bertz CT molecular complexity index is 297. The fraction of sp³-hybridized carbons (Fsp3) is 0.625. The summed E-state index contributed by atoms with van der Waals surface area (Å²) in [5, 5.41) is 3.13. The highest BCUT2D eigenvalue weighted by Crippen LogP contribution is 2.02. The second kappa shape index (κ2) is 4.41. The van der Waals surface area contributed by atoms with Gasteiger partial charge in [0.05, 0.1) is 0 Å². The van der Waals surface area contributed by atoms with Gasteiger partial charge < -0.3 is 10.3 Å². The molecule has 0 aromatic carbocycles. The van der Waals surface area contributed by atoms with Crippen molar-refractivity contribution in [2.24, 2.45) is 0 Å². The van der Waals surface area contributed by atoms with Crippen LogP contribution in [0.15, 0.2) is 6.20 Å². The van der Waals surface area contributed by atoms with E-state index in [0.717, 1.165) is 11.6 Å². The van der Waals surface area contributed by atoms with Crippen molar-refractivity contribution in [2.45, 2.75) is 19.9 Å². The molecule has 4 nitrogen and oxygen atoms in total. The maximum absolute atomic E-state index is 10.9. The Morgan fingerprint density at radius 3 is 2.92 bits per heavy atom. The first kappa shape index (κ1) is 10.2.